The normalized spacial score (nSPS) is 16.9. The van der Waals surface area contributed by atoms with Gasteiger partial charge in [0.2, 0.25) is 5.69 Å². The van der Waals surface area contributed by atoms with Gasteiger partial charge in [0.15, 0.2) is 12.4 Å². The van der Waals surface area contributed by atoms with Crippen LogP contribution in [-0.4, -0.2) is 0 Å². The average Bonchev–Trinajstić information content (AvgIpc) is 2.76. The molecule has 1 nitrogen and oxygen atoms in total. The fraction of sp³-hybridized carbons (Fsp3) is 0.318. The molecule has 0 unspecified atom stereocenters. The van der Waals surface area contributed by atoms with E-state index in [0.717, 1.165) is 12.8 Å². The number of aromatic nitrogens is 1. The molecule has 0 aliphatic carbocycles. The van der Waals surface area contributed by atoms with E-state index in [1.807, 2.05) is 0 Å². The molecule has 2 aromatic rings. The second kappa shape index (κ2) is 6.16. The van der Waals surface area contributed by atoms with E-state index in [0.29, 0.717) is 0 Å². The molecular formula is C22H26N+. The Morgan fingerprint density at radius 2 is 1.74 bits per heavy atom. The van der Waals surface area contributed by atoms with Crippen LogP contribution >= 0.6 is 0 Å². The van der Waals surface area contributed by atoms with Crippen molar-refractivity contribution in [2.75, 3.05) is 0 Å². The lowest BCUT2D eigenvalue weighted by Crippen LogP contribution is -2.41. The van der Waals surface area contributed by atoms with Crippen LogP contribution < -0.4 is 15.0 Å². The van der Waals surface area contributed by atoms with Crippen LogP contribution in [0.5, 0.6) is 0 Å². The molecule has 0 spiro atoms. The fourth-order valence-electron chi connectivity index (χ4n) is 3.87. The molecule has 0 radical (unpaired) electrons. The van der Waals surface area contributed by atoms with Gasteiger partial charge in [-0.25, -0.2) is 0 Å². The minimum absolute atomic E-state index is 0.115. The van der Waals surface area contributed by atoms with Crippen molar-refractivity contribution >= 4 is 18.4 Å². The summed E-state index contributed by atoms with van der Waals surface area (Å²) in [5, 5.41) is 2.61. The largest absolute Gasteiger partial charge is 0.225 e. The lowest BCUT2D eigenvalue weighted by atomic mass is 9.74. The molecule has 0 saturated carbocycles. The molecule has 1 aliphatic heterocycles. The van der Waals surface area contributed by atoms with Crippen LogP contribution in [0.2, 0.25) is 0 Å². The maximum Gasteiger partial charge on any atom is 0.225 e. The summed E-state index contributed by atoms with van der Waals surface area (Å²) in [6, 6.07) is 11.1. The topological polar surface area (TPSA) is 3.88 Å². The average molecular weight is 304 g/mol. The predicted molar refractivity (Wildman–Crippen MR) is 99.2 cm³/mol. The van der Waals surface area contributed by atoms with Crippen molar-refractivity contribution in [2.45, 2.75) is 46.0 Å². The smallest absolute Gasteiger partial charge is 0.166 e. The van der Waals surface area contributed by atoms with E-state index in [-0.39, 0.29) is 5.41 Å². The number of pyridine rings is 1. The number of hydrogen-bond donors (Lipinski definition) is 0. The van der Waals surface area contributed by atoms with Gasteiger partial charge in [-0.3, -0.25) is 0 Å². The van der Waals surface area contributed by atoms with E-state index < -0.39 is 0 Å². The number of fused-ring (bicyclic) bond motifs is 3. The highest BCUT2D eigenvalue weighted by molar-refractivity contribution is 5.67. The van der Waals surface area contributed by atoms with Crippen molar-refractivity contribution in [2.24, 2.45) is 0 Å². The van der Waals surface area contributed by atoms with E-state index in [2.05, 4.69) is 93.2 Å². The quantitative estimate of drug-likeness (QED) is 0.743. The van der Waals surface area contributed by atoms with Gasteiger partial charge in [0.25, 0.3) is 0 Å². The van der Waals surface area contributed by atoms with Gasteiger partial charge in [-0.05, 0) is 49.6 Å². The second-order valence-electron chi connectivity index (χ2n) is 6.24. The van der Waals surface area contributed by atoms with Crippen LogP contribution in [0.3, 0.4) is 0 Å². The molecule has 0 fully saturated rings. The SMILES string of the molecule is CC=c1cc[n+]2c(c1=CC)-c1ccccc1C(CC)(CC)C=C2. The van der Waals surface area contributed by atoms with E-state index in [1.165, 1.54) is 27.3 Å². The Labute approximate surface area is 139 Å². The number of allylic oxidation sites excluding steroid dienone is 1. The highest BCUT2D eigenvalue weighted by Crippen LogP contribution is 2.39. The van der Waals surface area contributed by atoms with Crippen LogP contribution in [0, 0.1) is 0 Å². The highest BCUT2D eigenvalue weighted by Gasteiger charge is 2.33. The Morgan fingerprint density at radius 1 is 1.00 bits per heavy atom. The minimum atomic E-state index is 0.115. The molecule has 0 atom stereocenters. The summed E-state index contributed by atoms with van der Waals surface area (Å²) in [5.41, 5.74) is 4.23. The van der Waals surface area contributed by atoms with Gasteiger partial charge in [-0.1, -0.05) is 44.2 Å². The van der Waals surface area contributed by atoms with Crippen molar-refractivity contribution < 1.29 is 4.57 Å². The Kier molecular flexibility index (Phi) is 4.21. The molecule has 1 aliphatic rings. The summed E-state index contributed by atoms with van der Waals surface area (Å²) in [6.45, 7) is 8.83. The summed E-state index contributed by atoms with van der Waals surface area (Å²) < 4.78 is 2.29. The zero-order valence-corrected chi connectivity index (χ0v) is 14.6. The summed E-state index contributed by atoms with van der Waals surface area (Å²) in [6.07, 6.45) is 13.5. The highest BCUT2D eigenvalue weighted by atomic mass is 14.9. The number of rotatable bonds is 2. The zero-order valence-electron chi connectivity index (χ0n) is 14.6. The van der Waals surface area contributed by atoms with E-state index in [4.69, 9.17) is 0 Å². The lowest BCUT2D eigenvalue weighted by Gasteiger charge is -2.28. The molecule has 3 rings (SSSR count). The first-order valence-corrected chi connectivity index (χ1v) is 8.66. The summed E-state index contributed by atoms with van der Waals surface area (Å²) >= 11 is 0. The zero-order chi connectivity index (χ0) is 16.4. The van der Waals surface area contributed by atoms with Crippen LogP contribution in [0.15, 0.2) is 42.6 Å². The molecule has 1 aromatic carbocycles. The maximum absolute atomic E-state index is 2.40. The Morgan fingerprint density at radius 3 is 2.39 bits per heavy atom. The Balaban J connectivity index is 2.50. The third-order valence-electron chi connectivity index (χ3n) is 5.37. The fourth-order valence-corrected chi connectivity index (χ4v) is 3.87. The molecule has 118 valence electrons. The molecule has 23 heavy (non-hydrogen) atoms. The predicted octanol–water partition coefficient (Wildman–Crippen LogP) is 3.78. The second-order valence-corrected chi connectivity index (χ2v) is 6.24. The van der Waals surface area contributed by atoms with Gasteiger partial charge >= 0.3 is 0 Å². The van der Waals surface area contributed by atoms with Gasteiger partial charge in [-0.15, -0.1) is 0 Å². The molecule has 0 N–H and O–H groups in total. The molecular weight excluding hydrogens is 278 g/mol. The first kappa shape index (κ1) is 15.7. The third kappa shape index (κ3) is 2.35. The monoisotopic (exact) mass is 304 g/mol. The van der Waals surface area contributed by atoms with Gasteiger partial charge in [0.05, 0.1) is 10.8 Å². The standard InChI is InChI=1S/C22H26N/c1-5-17-13-15-23-16-14-22(7-3,8-4)20-12-10-9-11-19(20)21(23)18(17)6-2/h5-6,9-16H,7-8H2,1-4H3/q+1. The summed E-state index contributed by atoms with van der Waals surface area (Å²) in [4.78, 5) is 0. The summed E-state index contributed by atoms with van der Waals surface area (Å²) in [7, 11) is 0. The van der Waals surface area contributed by atoms with Crippen molar-refractivity contribution in [3.05, 3.63) is 58.6 Å². The van der Waals surface area contributed by atoms with Crippen LogP contribution in [-0.2, 0) is 5.41 Å². The third-order valence-corrected chi connectivity index (χ3v) is 5.37. The molecule has 0 saturated heterocycles. The van der Waals surface area contributed by atoms with Crippen molar-refractivity contribution in [1.29, 1.82) is 0 Å². The minimum Gasteiger partial charge on any atom is -0.166 e. The lowest BCUT2D eigenvalue weighted by molar-refractivity contribution is -0.557. The van der Waals surface area contributed by atoms with Gasteiger partial charge in [0, 0.05) is 11.5 Å². The number of hydrogen-bond acceptors (Lipinski definition) is 0. The van der Waals surface area contributed by atoms with Gasteiger partial charge in [-0.2, -0.15) is 4.57 Å². The Hall–Kier alpha value is -2.15. The molecule has 0 amide bonds. The maximum atomic E-state index is 2.40. The van der Waals surface area contributed by atoms with Gasteiger partial charge in [0.1, 0.15) is 0 Å². The first-order valence-electron chi connectivity index (χ1n) is 8.66. The van der Waals surface area contributed by atoms with Crippen molar-refractivity contribution in [3.8, 4) is 11.3 Å². The first-order chi connectivity index (χ1) is 11.2. The Bertz CT molecular complexity index is 867. The molecule has 1 aromatic heterocycles. The van der Waals surface area contributed by atoms with Crippen LogP contribution in [0.25, 0.3) is 29.6 Å². The van der Waals surface area contributed by atoms with Crippen molar-refractivity contribution in [1.82, 2.24) is 0 Å². The van der Waals surface area contributed by atoms with Gasteiger partial charge < -0.3 is 0 Å². The number of nitrogens with zero attached hydrogens (tertiary/aromatic N) is 1. The molecule has 0 bridgehead atoms. The molecule has 1 heteroatoms. The van der Waals surface area contributed by atoms with Crippen LogP contribution in [0.4, 0.5) is 0 Å². The molecule has 2 heterocycles. The van der Waals surface area contributed by atoms with E-state index in [1.54, 1.807) is 0 Å². The number of benzene rings is 1. The summed E-state index contributed by atoms with van der Waals surface area (Å²) in [5.74, 6) is 0. The van der Waals surface area contributed by atoms with Crippen molar-refractivity contribution in [3.63, 3.8) is 0 Å². The van der Waals surface area contributed by atoms with E-state index >= 15 is 0 Å². The van der Waals surface area contributed by atoms with E-state index in [9.17, 15) is 0 Å². The van der Waals surface area contributed by atoms with Crippen LogP contribution in [0.1, 0.15) is 46.1 Å².